The quantitative estimate of drug-likeness (QED) is 0.433. The van der Waals surface area contributed by atoms with E-state index in [0.717, 1.165) is 0 Å². The number of nitrogens with zero attached hydrogens (tertiary/aromatic N) is 1. The molecular weight excluding hydrogens is 186 g/mol. The van der Waals surface area contributed by atoms with Gasteiger partial charge in [-0.05, 0) is 0 Å². The van der Waals surface area contributed by atoms with Crippen molar-refractivity contribution in [2.24, 2.45) is 0 Å². The van der Waals surface area contributed by atoms with Gasteiger partial charge in [0, 0.05) is 13.1 Å². The van der Waals surface area contributed by atoms with Crippen LogP contribution in [0.4, 0.5) is 0 Å². The molecule has 6 nitrogen and oxygen atoms in total. The van der Waals surface area contributed by atoms with Crippen molar-refractivity contribution >= 4 is 10.1 Å². The Morgan fingerprint density at radius 2 is 1.50 bits per heavy atom. The maximum atomic E-state index is 10.3. The maximum Gasteiger partial charge on any atom is 0.278 e. The lowest BCUT2D eigenvalue weighted by Gasteiger charge is -2.17. The summed E-state index contributed by atoms with van der Waals surface area (Å²) in [6.45, 7) is -0.203. The van der Waals surface area contributed by atoms with Crippen LogP contribution in [0.5, 0.6) is 0 Å². The minimum absolute atomic E-state index is 0.111. The van der Waals surface area contributed by atoms with Crippen LogP contribution >= 0.6 is 0 Å². The summed E-state index contributed by atoms with van der Waals surface area (Å²) in [5.74, 6) is -0.561. The Bertz CT molecular complexity index is 196. The van der Waals surface area contributed by atoms with E-state index in [1.165, 1.54) is 4.90 Å². The van der Waals surface area contributed by atoms with Crippen molar-refractivity contribution in [3.8, 4) is 0 Å². The molecule has 0 aromatic heterocycles. The lowest BCUT2D eigenvalue weighted by molar-refractivity contribution is 0.175. The zero-order valence-corrected chi connectivity index (χ0v) is 7.37. The molecule has 7 heteroatoms. The second kappa shape index (κ2) is 5.44. The zero-order chi connectivity index (χ0) is 9.61. The fourth-order valence-corrected chi connectivity index (χ4v) is 1.47. The van der Waals surface area contributed by atoms with Crippen molar-refractivity contribution in [1.82, 2.24) is 4.90 Å². The summed E-state index contributed by atoms with van der Waals surface area (Å²) < 4.78 is 29.1. The van der Waals surface area contributed by atoms with Crippen molar-refractivity contribution in [2.45, 2.75) is 0 Å². The minimum atomic E-state index is -4.06. The Hall–Kier alpha value is -0.210. The third-order valence-electron chi connectivity index (χ3n) is 1.18. The third kappa shape index (κ3) is 6.50. The summed E-state index contributed by atoms with van der Waals surface area (Å²) in [5.41, 5.74) is 0. The van der Waals surface area contributed by atoms with Crippen LogP contribution in [0, 0.1) is 0 Å². The van der Waals surface area contributed by atoms with Gasteiger partial charge in [0.25, 0.3) is 10.1 Å². The molecule has 12 heavy (non-hydrogen) atoms. The van der Waals surface area contributed by atoms with Gasteiger partial charge in [-0.3, -0.25) is 9.45 Å². The first-order valence-electron chi connectivity index (χ1n) is 3.39. The van der Waals surface area contributed by atoms with Gasteiger partial charge in [0.15, 0.2) is 0 Å². The molecule has 0 radical (unpaired) electrons. The fourth-order valence-electron chi connectivity index (χ4n) is 0.754. The molecule has 0 amide bonds. The molecule has 74 valence electrons. The van der Waals surface area contributed by atoms with Gasteiger partial charge in [-0.15, -0.1) is 0 Å². The molecule has 0 saturated carbocycles. The minimum Gasteiger partial charge on any atom is -0.395 e. The van der Waals surface area contributed by atoms with Crippen LogP contribution in [0.3, 0.4) is 0 Å². The molecule has 0 unspecified atom stereocenters. The molecule has 0 fully saturated rings. The molecule has 0 aromatic rings. The van der Waals surface area contributed by atoms with E-state index >= 15 is 0 Å². The predicted octanol–water partition coefficient (Wildman–Crippen LogP) is -1.88. The van der Waals surface area contributed by atoms with Gasteiger partial charge in [0.05, 0.1) is 13.2 Å². The number of rotatable bonds is 6. The lowest BCUT2D eigenvalue weighted by atomic mass is 10.5. The molecule has 0 bridgehead atoms. The van der Waals surface area contributed by atoms with Crippen molar-refractivity contribution < 1.29 is 23.2 Å². The highest BCUT2D eigenvalue weighted by atomic mass is 32.2. The molecular formula is C5H13NO5S. The molecule has 0 aliphatic carbocycles. The van der Waals surface area contributed by atoms with E-state index in [1.54, 1.807) is 0 Å². The number of aliphatic hydroxyl groups excluding tert-OH is 2. The zero-order valence-electron chi connectivity index (χ0n) is 6.55. The van der Waals surface area contributed by atoms with Gasteiger partial charge in [-0.25, -0.2) is 0 Å². The van der Waals surface area contributed by atoms with Crippen LogP contribution < -0.4 is 0 Å². The molecule has 0 aromatic carbocycles. The summed E-state index contributed by atoms with van der Waals surface area (Å²) in [4.78, 5) is 1.23. The Morgan fingerprint density at radius 1 is 1.08 bits per heavy atom. The summed E-state index contributed by atoms with van der Waals surface area (Å²) in [6.07, 6.45) is 0. The molecule has 0 spiro atoms. The highest BCUT2D eigenvalue weighted by Crippen LogP contribution is 1.91. The van der Waals surface area contributed by atoms with E-state index in [-0.39, 0.29) is 26.3 Å². The average Bonchev–Trinajstić information content (AvgIpc) is 1.84. The van der Waals surface area contributed by atoms with E-state index in [1.807, 2.05) is 0 Å². The standard InChI is InChI=1S/C5H13NO5S/c7-3-1-6(2-4-8)5-12(9,10)11/h7-8H,1-5H2,(H,9,10,11). The van der Waals surface area contributed by atoms with Crippen molar-refractivity contribution in [1.29, 1.82) is 0 Å². The smallest absolute Gasteiger partial charge is 0.278 e. The fraction of sp³-hybridized carbons (Fsp3) is 1.00. The van der Waals surface area contributed by atoms with E-state index in [2.05, 4.69) is 0 Å². The van der Waals surface area contributed by atoms with Crippen LogP contribution in [-0.4, -0.2) is 60.3 Å². The summed E-state index contributed by atoms with van der Waals surface area (Å²) >= 11 is 0. The van der Waals surface area contributed by atoms with Gasteiger partial charge >= 0.3 is 0 Å². The summed E-state index contributed by atoms with van der Waals surface area (Å²) in [7, 11) is -4.06. The van der Waals surface area contributed by atoms with Crippen molar-refractivity contribution in [3.05, 3.63) is 0 Å². The molecule has 0 atom stereocenters. The molecule has 3 N–H and O–H groups in total. The van der Waals surface area contributed by atoms with Crippen LogP contribution in [0.1, 0.15) is 0 Å². The highest BCUT2D eigenvalue weighted by Gasteiger charge is 2.11. The molecule has 0 aliphatic rings. The van der Waals surface area contributed by atoms with Crippen LogP contribution in [0.15, 0.2) is 0 Å². The second-order valence-electron chi connectivity index (χ2n) is 2.28. The Labute approximate surface area is 71.2 Å². The van der Waals surface area contributed by atoms with Gasteiger partial charge in [-0.1, -0.05) is 0 Å². The van der Waals surface area contributed by atoms with E-state index in [0.29, 0.717) is 0 Å². The van der Waals surface area contributed by atoms with Gasteiger partial charge in [0.2, 0.25) is 0 Å². The maximum absolute atomic E-state index is 10.3. The summed E-state index contributed by atoms with van der Waals surface area (Å²) in [5, 5.41) is 16.9. The van der Waals surface area contributed by atoms with Crippen molar-refractivity contribution in [3.63, 3.8) is 0 Å². The number of hydrogen-bond acceptors (Lipinski definition) is 5. The Kier molecular flexibility index (Phi) is 5.34. The first kappa shape index (κ1) is 11.8. The van der Waals surface area contributed by atoms with Crippen LogP contribution in [0.2, 0.25) is 0 Å². The first-order chi connectivity index (χ1) is 5.49. The number of hydrogen-bond donors (Lipinski definition) is 3. The monoisotopic (exact) mass is 199 g/mol. The van der Waals surface area contributed by atoms with E-state index < -0.39 is 16.0 Å². The third-order valence-corrected chi connectivity index (χ3v) is 1.87. The molecule has 0 saturated heterocycles. The van der Waals surface area contributed by atoms with Gasteiger partial charge in [0.1, 0.15) is 5.88 Å². The molecule has 0 aliphatic heterocycles. The predicted molar refractivity (Wildman–Crippen MR) is 42.2 cm³/mol. The first-order valence-corrected chi connectivity index (χ1v) is 4.99. The molecule has 0 heterocycles. The van der Waals surface area contributed by atoms with E-state index in [4.69, 9.17) is 14.8 Å². The van der Waals surface area contributed by atoms with Gasteiger partial charge < -0.3 is 10.2 Å². The Balaban J connectivity index is 3.95. The summed E-state index contributed by atoms with van der Waals surface area (Å²) in [6, 6.07) is 0. The molecule has 0 rings (SSSR count). The highest BCUT2D eigenvalue weighted by molar-refractivity contribution is 7.85. The topological polar surface area (TPSA) is 98.1 Å². The average molecular weight is 199 g/mol. The van der Waals surface area contributed by atoms with Crippen molar-refractivity contribution in [2.75, 3.05) is 32.2 Å². The normalized spacial score (nSPS) is 12.3. The second-order valence-corrected chi connectivity index (χ2v) is 3.70. The van der Waals surface area contributed by atoms with E-state index in [9.17, 15) is 8.42 Å². The lowest BCUT2D eigenvalue weighted by Crippen LogP contribution is -2.34. The van der Waals surface area contributed by atoms with Gasteiger partial charge in [-0.2, -0.15) is 8.42 Å². The number of aliphatic hydroxyl groups is 2. The Morgan fingerprint density at radius 3 is 1.75 bits per heavy atom. The largest absolute Gasteiger partial charge is 0.395 e. The van der Waals surface area contributed by atoms with Crippen LogP contribution in [-0.2, 0) is 10.1 Å². The van der Waals surface area contributed by atoms with Crippen LogP contribution in [0.25, 0.3) is 0 Å². The SMILES string of the molecule is O=S(=O)(O)CN(CCO)CCO.